The first-order valence-electron chi connectivity index (χ1n) is 7.35. The maximum Gasteiger partial charge on any atom is 0.225 e. The molecule has 1 aromatic heterocycles. The van der Waals surface area contributed by atoms with Crippen LogP contribution in [0.4, 0.5) is 5.95 Å². The van der Waals surface area contributed by atoms with Crippen molar-refractivity contribution in [1.82, 2.24) is 15.3 Å². The molecular formula is C15H26N4O. The number of aromatic nitrogens is 2. The SMILES string of the molecule is COCCNCC1CCc2nc(N(C)C)nc(C)c2C1. The van der Waals surface area contributed by atoms with Crippen LogP contribution in [0.3, 0.4) is 0 Å². The van der Waals surface area contributed by atoms with Gasteiger partial charge in [-0.05, 0) is 44.2 Å². The fraction of sp³-hybridized carbons (Fsp3) is 0.733. The van der Waals surface area contributed by atoms with Gasteiger partial charge in [-0.1, -0.05) is 0 Å². The average Bonchev–Trinajstić information content (AvgIpc) is 2.43. The van der Waals surface area contributed by atoms with E-state index in [1.165, 1.54) is 17.7 Å². The van der Waals surface area contributed by atoms with Gasteiger partial charge in [-0.3, -0.25) is 0 Å². The third-order valence-corrected chi connectivity index (χ3v) is 3.89. The fourth-order valence-electron chi connectivity index (χ4n) is 2.70. The smallest absolute Gasteiger partial charge is 0.225 e. The van der Waals surface area contributed by atoms with Crippen LogP contribution in [0.2, 0.25) is 0 Å². The molecule has 0 saturated heterocycles. The molecule has 1 aliphatic carbocycles. The molecule has 0 amide bonds. The van der Waals surface area contributed by atoms with Gasteiger partial charge in [-0.2, -0.15) is 0 Å². The minimum atomic E-state index is 0.687. The second kappa shape index (κ2) is 6.99. The first kappa shape index (κ1) is 15.2. The number of rotatable bonds is 6. The van der Waals surface area contributed by atoms with Crippen molar-refractivity contribution < 1.29 is 4.74 Å². The van der Waals surface area contributed by atoms with E-state index in [1.807, 2.05) is 19.0 Å². The van der Waals surface area contributed by atoms with Crippen molar-refractivity contribution in [2.45, 2.75) is 26.2 Å². The third kappa shape index (κ3) is 3.67. The summed E-state index contributed by atoms with van der Waals surface area (Å²) in [6.45, 7) is 4.86. The number of nitrogens with zero attached hydrogens (tertiary/aromatic N) is 3. The van der Waals surface area contributed by atoms with Crippen LogP contribution in [-0.4, -0.2) is 50.9 Å². The molecule has 0 fully saturated rings. The lowest BCUT2D eigenvalue weighted by Gasteiger charge is -2.26. The molecule has 0 radical (unpaired) electrons. The largest absolute Gasteiger partial charge is 0.383 e. The van der Waals surface area contributed by atoms with E-state index in [2.05, 4.69) is 17.2 Å². The van der Waals surface area contributed by atoms with Gasteiger partial charge in [0.15, 0.2) is 0 Å². The highest BCUT2D eigenvalue weighted by Crippen LogP contribution is 2.27. The predicted molar refractivity (Wildman–Crippen MR) is 81.4 cm³/mol. The first-order valence-corrected chi connectivity index (χ1v) is 7.35. The van der Waals surface area contributed by atoms with Gasteiger partial charge in [0.05, 0.1) is 6.61 Å². The third-order valence-electron chi connectivity index (χ3n) is 3.89. The van der Waals surface area contributed by atoms with Crippen LogP contribution in [-0.2, 0) is 17.6 Å². The Bertz CT molecular complexity index is 448. The molecule has 0 aliphatic heterocycles. The second-order valence-electron chi connectivity index (χ2n) is 5.73. The number of hydrogen-bond donors (Lipinski definition) is 1. The van der Waals surface area contributed by atoms with E-state index in [1.54, 1.807) is 7.11 Å². The van der Waals surface area contributed by atoms with Crippen molar-refractivity contribution in [3.8, 4) is 0 Å². The summed E-state index contributed by atoms with van der Waals surface area (Å²) in [7, 11) is 5.72. The normalized spacial score (nSPS) is 17.9. The Balaban J connectivity index is 1.99. The molecule has 5 nitrogen and oxygen atoms in total. The van der Waals surface area contributed by atoms with Crippen molar-refractivity contribution in [3.63, 3.8) is 0 Å². The fourth-order valence-corrected chi connectivity index (χ4v) is 2.70. The molecule has 1 aliphatic rings. The molecule has 0 saturated carbocycles. The molecule has 112 valence electrons. The highest BCUT2D eigenvalue weighted by molar-refractivity contribution is 5.37. The van der Waals surface area contributed by atoms with Crippen molar-refractivity contribution in [2.24, 2.45) is 5.92 Å². The number of nitrogens with one attached hydrogen (secondary N) is 1. The van der Waals surface area contributed by atoms with Crippen LogP contribution in [0.25, 0.3) is 0 Å². The lowest BCUT2D eigenvalue weighted by Crippen LogP contribution is -2.30. The number of hydrogen-bond acceptors (Lipinski definition) is 5. The number of fused-ring (bicyclic) bond motifs is 1. The summed E-state index contributed by atoms with van der Waals surface area (Å²) in [4.78, 5) is 11.3. The maximum absolute atomic E-state index is 5.06. The predicted octanol–water partition coefficient (Wildman–Crippen LogP) is 1.19. The summed E-state index contributed by atoms with van der Waals surface area (Å²) >= 11 is 0. The van der Waals surface area contributed by atoms with Crippen LogP contribution in [0, 0.1) is 12.8 Å². The van der Waals surface area contributed by atoms with Gasteiger partial charge in [-0.15, -0.1) is 0 Å². The lowest BCUT2D eigenvalue weighted by atomic mass is 9.86. The molecule has 5 heteroatoms. The van der Waals surface area contributed by atoms with Crippen LogP contribution in [0.5, 0.6) is 0 Å². The second-order valence-corrected chi connectivity index (χ2v) is 5.73. The zero-order valence-corrected chi connectivity index (χ0v) is 13.1. The van der Waals surface area contributed by atoms with Crippen molar-refractivity contribution in [1.29, 1.82) is 0 Å². The van der Waals surface area contributed by atoms with E-state index in [0.717, 1.165) is 44.2 Å². The number of anilines is 1. The minimum absolute atomic E-state index is 0.687. The average molecular weight is 278 g/mol. The van der Waals surface area contributed by atoms with E-state index in [0.29, 0.717) is 5.92 Å². The molecule has 1 N–H and O–H groups in total. The van der Waals surface area contributed by atoms with Gasteiger partial charge < -0.3 is 15.0 Å². The van der Waals surface area contributed by atoms with Gasteiger partial charge in [0.2, 0.25) is 5.95 Å². The highest BCUT2D eigenvalue weighted by atomic mass is 16.5. The summed E-state index contributed by atoms with van der Waals surface area (Å²) in [5, 5.41) is 3.46. The topological polar surface area (TPSA) is 50.3 Å². The molecule has 1 unspecified atom stereocenters. The summed E-state index contributed by atoms with van der Waals surface area (Å²) in [6, 6.07) is 0. The van der Waals surface area contributed by atoms with Gasteiger partial charge in [0.1, 0.15) is 0 Å². The first-order chi connectivity index (χ1) is 9.61. The zero-order valence-electron chi connectivity index (χ0n) is 13.1. The molecule has 0 bridgehead atoms. The maximum atomic E-state index is 5.06. The van der Waals surface area contributed by atoms with Gasteiger partial charge >= 0.3 is 0 Å². The number of methoxy groups -OCH3 is 1. The lowest BCUT2D eigenvalue weighted by molar-refractivity contribution is 0.197. The van der Waals surface area contributed by atoms with Gasteiger partial charge in [-0.25, -0.2) is 9.97 Å². The summed E-state index contributed by atoms with van der Waals surface area (Å²) in [6.07, 6.45) is 3.36. The van der Waals surface area contributed by atoms with Crippen LogP contribution in [0.15, 0.2) is 0 Å². The Morgan fingerprint density at radius 1 is 1.35 bits per heavy atom. The Morgan fingerprint density at radius 2 is 2.15 bits per heavy atom. The zero-order chi connectivity index (χ0) is 14.5. The van der Waals surface area contributed by atoms with E-state index < -0.39 is 0 Å². The summed E-state index contributed by atoms with van der Waals surface area (Å²) in [5.74, 6) is 1.52. The van der Waals surface area contributed by atoms with Crippen molar-refractivity contribution in [3.05, 3.63) is 17.0 Å². The molecule has 0 aromatic carbocycles. The van der Waals surface area contributed by atoms with E-state index in [4.69, 9.17) is 9.72 Å². The summed E-state index contributed by atoms with van der Waals surface area (Å²) < 4.78 is 5.06. The number of aryl methyl sites for hydroxylation is 2. The van der Waals surface area contributed by atoms with E-state index in [9.17, 15) is 0 Å². The molecular weight excluding hydrogens is 252 g/mol. The van der Waals surface area contributed by atoms with Gasteiger partial charge in [0, 0.05) is 39.1 Å². The van der Waals surface area contributed by atoms with Crippen molar-refractivity contribution in [2.75, 3.05) is 45.8 Å². The Kier molecular flexibility index (Phi) is 5.31. The standard InChI is InChI=1S/C15H26N4O/c1-11-13-9-12(10-16-7-8-20-4)5-6-14(13)18-15(17-11)19(2)3/h12,16H,5-10H2,1-4H3. The van der Waals surface area contributed by atoms with Crippen molar-refractivity contribution >= 4 is 5.95 Å². The monoisotopic (exact) mass is 278 g/mol. The van der Waals surface area contributed by atoms with Crippen LogP contribution < -0.4 is 10.2 Å². The number of ether oxygens (including phenoxy) is 1. The molecule has 1 heterocycles. The Morgan fingerprint density at radius 3 is 2.85 bits per heavy atom. The molecule has 20 heavy (non-hydrogen) atoms. The highest BCUT2D eigenvalue weighted by Gasteiger charge is 2.22. The molecule has 1 atom stereocenters. The summed E-state index contributed by atoms with van der Waals surface area (Å²) in [5.41, 5.74) is 3.75. The van der Waals surface area contributed by atoms with Crippen LogP contribution >= 0.6 is 0 Å². The Hall–Kier alpha value is -1.20. The quantitative estimate of drug-likeness (QED) is 0.792. The minimum Gasteiger partial charge on any atom is -0.383 e. The van der Waals surface area contributed by atoms with E-state index >= 15 is 0 Å². The Labute approximate surface area is 121 Å². The van der Waals surface area contributed by atoms with Crippen LogP contribution in [0.1, 0.15) is 23.4 Å². The van der Waals surface area contributed by atoms with Gasteiger partial charge in [0.25, 0.3) is 0 Å². The molecule has 2 rings (SSSR count). The molecule has 0 spiro atoms. The molecule has 1 aromatic rings. The van der Waals surface area contributed by atoms with E-state index in [-0.39, 0.29) is 0 Å².